The van der Waals surface area contributed by atoms with Crippen molar-refractivity contribution in [2.45, 2.75) is 387 Å². The van der Waals surface area contributed by atoms with Gasteiger partial charge in [0, 0.05) is 25.7 Å². The minimum absolute atomic E-state index is 0.102. The fourth-order valence-corrected chi connectivity index (χ4v) is 12.6. The minimum Gasteiger partial charge on any atom is -0.462 e. The summed E-state index contributed by atoms with van der Waals surface area (Å²) in [5, 5.41) is 10.6. The Morgan fingerprint density at radius 3 is 0.872 bits per heavy atom. The van der Waals surface area contributed by atoms with E-state index < -0.39 is 97.5 Å². The highest BCUT2D eigenvalue weighted by molar-refractivity contribution is 7.47. The number of ether oxygens (including phenoxy) is 4. The highest BCUT2D eigenvalue weighted by Gasteiger charge is 2.30. The summed E-state index contributed by atoms with van der Waals surface area (Å²) < 4.78 is 68.3. The maximum atomic E-state index is 13.1. The summed E-state index contributed by atoms with van der Waals surface area (Å²) in [4.78, 5) is 72.6. The predicted molar refractivity (Wildman–Crippen MR) is 381 cm³/mol. The van der Waals surface area contributed by atoms with E-state index in [1.807, 2.05) is 0 Å². The lowest BCUT2D eigenvalue weighted by atomic mass is 10.0. The normalized spacial score (nSPS) is 14.1. The molecular weight excluding hydrogens is 1230 g/mol. The van der Waals surface area contributed by atoms with Gasteiger partial charge in [-0.2, -0.15) is 0 Å². The summed E-state index contributed by atoms with van der Waals surface area (Å²) in [6.07, 6.45) is 59.2. The molecule has 17 nitrogen and oxygen atoms in total. The molecule has 0 amide bonds. The number of hydrogen-bond acceptors (Lipinski definition) is 15. The number of aliphatic hydroxyl groups excluding tert-OH is 1. The number of phosphoric acid groups is 2. The van der Waals surface area contributed by atoms with Crippen molar-refractivity contribution in [2.75, 3.05) is 39.6 Å². The van der Waals surface area contributed by atoms with Crippen LogP contribution in [-0.2, 0) is 65.4 Å². The van der Waals surface area contributed by atoms with Crippen molar-refractivity contribution >= 4 is 39.5 Å². The molecule has 0 spiro atoms. The summed E-state index contributed by atoms with van der Waals surface area (Å²) in [5.74, 6) is -1.33. The van der Waals surface area contributed by atoms with Crippen LogP contribution in [0.5, 0.6) is 0 Å². The van der Waals surface area contributed by atoms with Gasteiger partial charge in [0.05, 0.1) is 26.4 Å². The topological polar surface area (TPSA) is 237 Å². The lowest BCUT2D eigenvalue weighted by molar-refractivity contribution is -0.161. The fourth-order valence-electron chi connectivity index (χ4n) is 11.0. The molecule has 0 saturated carbocycles. The maximum Gasteiger partial charge on any atom is 0.472 e. The van der Waals surface area contributed by atoms with E-state index in [0.717, 1.165) is 115 Å². The summed E-state index contributed by atoms with van der Waals surface area (Å²) in [7, 11) is -9.91. The third-order valence-electron chi connectivity index (χ3n) is 16.9. The average molecular weight is 1380 g/mol. The van der Waals surface area contributed by atoms with Crippen LogP contribution in [0.3, 0.4) is 0 Å². The molecule has 94 heavy (non-hydrogen) atoms. The van der Waals surface area contributed by atoms with Crippen LogP contribution in [0.4, 0.5) is 0 Å². The van der Waals surface area contributed by atoms with Gasteiger partial charge in [-0.3, -0.25) is 37.3 Å². The standard InChI is InChI=1S/C75H142O17P2/c1-6-9-12-15-18-21-22-23-28-32-35-40-44-49-54-59-73(78)86-65-71(92-75(80)61-56-51-46-41-36-33-30-27-25-24-26-29-31-34-39-42-47-52-57-68(4)5)67-90-94(83,84)88-63-69(76)62-87-93(81,82)89-66-70(91-74(79)60-55-50-45-38-20-17-14-11-8-3)64-85-72(77)58-53-48-43-37-19-16-13-10-7-2/h21-23,28,68-71,76H,6-20,24-27,29-67H2,1-5H3,(H,81,82)(H,83,84)/b22-21-,28-23-/t69-,70+,71+/m0/s1. The molecular formula is C75H142O17P2. The first-order chi connectivity index (χ1) is 45.5. The van der Waals surface area contributed by atoms with E-state index in [2.05, 4.69) is 58.9 Å². The van der Waals surface area contributed by atoms with Gasteiger partial charge in [0.15, 0.2) is 12.2 Å². The Bertz CT molecular complexity index is 1900. The lowest BCUT2D eigenvalue weighted by Crippen LogP contribution is -2.30. The molecule has 5 atom stereocenters. The zero-order valence-corrected chi connectivity index (χ0v) is 62.4. The van der Waals surface area contributed by atoms with Crippen LogP contribution < -0.4 is 0 Å². The molecule has 0 saturated heterocycles. The second-order valence-corrected chi connectivity index (χ2v) is 29.7. The molecule has 0 aromatic rings. The Hall–Kier alpha value is -2.46. The van der Waals surface area contributed by atoms with E-state index in [1.54, 1.807) is 0 Å². The van der Waals surface area contributed by atoms with Gasteiger partial charge in [-0.05, 0) is 57.3 Å². The van der Waals surface area contributed by atoms with E-state index in [-0.39, 0.29) is 25.7 Å². The highest BCUT2D eigenvalue weighted by atomic mass is 31.2. The van der Waals surface area contributed by atoms with E-state index in [1.165, 1.54) is 173 Å². The van der Waals surface area contributed by atoms with E-state index in [9.17, 15) is 43.2 Å². The van der Waals surface area contributed by atoms with Crippen molar-refractivity contribution in [2.24, 2.45) is 5.92 Å². The predicted octanol–water partition coefficient (Wildman–Crippen LogP) is 21.6. The molecule has 0 aliphatic carbocycles. The molecule has 2 unspecified atom stereocenters. The molecule has 0 aliphatic rings. The number of carbonyl (C=O) groups excluding carboxylic acids is 4. The van der Waals surface area contributed by atoms with Crippen LogP contribution in [0.1, 0.15) is 369 Å². The van der Waals surface area contributed by atoms with Crippen molar-refractivity contribution in [3.63, 3.8) is 0 Å². The number of aliphatic hydroxyl groups is 1. The second-order valence-electron chi connectivity index (χ2n) is 26.8. The molecule has 0 aromatic heterocycles. The van der Waals surface area contributed by atoms with Gasteiger partial charge < -0.3 is 33.8 Å². The van der Waals surface area contributed by atoms with Crippen molar-refractivity contribution in [1.82, 2.24) is 0 Å². The second kappa shape index (κ2) is 67.7. The van der Waals surface area contributed by atoms with E-state index in [0.29, 0.717) is 25.7 Å². The zero-order chi connectivity index (χ0) is 69.1. The van der Waals surface area contributed by atoms with Crippen molar-refractivity contribution in [3.8, 4) is 0 Å². The Balaban J connectivity index is 5.20. The molecule has 0 fully saturated rings. The molecule has 3 N–H and O–H groups in total. The molecule has 0 bridgehead atoms. The number of carbonyl (C=O) groups is 4. The first kappa shape index (κ1) is 91.5. The van der Waals surface area contributed by atoms with Crippen molar-refractivity contribution in [3.05, 3.63) is 24.3 Å². The molecule has 554 valence electrons. The minimum atomic E-state index is -4.96. The Morgan fingerprint density at radius 1 is 0.330 bits per heavy atom. The molecule has 0 aliphatic heterocycles. The van der Waals surface area contributed by atoms with Crippen molar-refractivity contribution < 1.29 is 80.2 Å². The van der Waals surface area contributed by atoms with Gasteiger partial charge in [-0.1, -0.05) is 316 Å². The van der Waals surface area contributed by atoms with E-state index >= 15 is 0 Å². The van der Waals surface area contributed by atoms with Gasteiger partial charge in [0.2, 0.25) is 0 Å². The number of esters is 4. The van der Waals surface area contributed by atoms with Gasteiger partial charge in [-0.15, -0.1) is 0 Å². The van der Waals surface area contributed by atoms with Gasteiger partial charge in [0.25, 0.3) is 0 Å². The summed E-state index contributed by atoms with van der Waals surface area (Å²) in [6.45, 7) is 7.21. The zero-order valence-electron chi connectivity index (χ0n) is 60.6. The number of phosphoric ester groups is 2. The van der Waals surface area contributed by atoms with Crippen LogP contribution in [0.25, 0.3) is 0 Å². The molecule has 0 rings (SSSR count). The van der Waals surface area contributed by atoms with Crippen LogP contribution >= 0.6 is 15.6 Å². The van der Waals surface area contributed by atoms with Crippen LogP contribution in [0.15, 0.2) is 24.3 Å². The van der Waals surface area contributed by atoms with E-state index in [4.69, 9.17) is 37.0 Å². The Kier molecular flexibility index (Phi) is 65.9. The van der Waals surface area contributed by atoms with Gasteiger partial charge in [-0.25, -0.2) is 9.13 Å². The molecule has 0 aromatic carbocycles. The number of allylic oxidation sites excluding steroid dienone is 4. The van der Waals surface area contributed by atoms with Gasteiger partial charge in [0.1, 0.15) is 19.3 Å². The Morgan fingerprint density at radius 2 is 0.574 bits per heavy atom. The maximum absolute atomic E-state index is 13.1. The lowest BCUT2D eigenvalue weighted by Gasteiger charge is -2.21. The third-order valence-corrected chi connectivity index (χ3v) is 18.8. The molecule has 0 radical (unpaired) electrons. The van der Waals surface area contributed by atoms with Crippen LogP contribution in [-0.4, -0.2) is 96.7 Å². The highest BCUT2D eigenvalue weighted by Crippen LogP contribution is 2.45. The monoisotopic (exact) mass is 1380 g/mol. The quantitative estimate of drug-likeness (QED) is 0.0169. The first-order valence-corrected chi connectivity index (χ1v) is 41.4. The van der Waals surface area contributed by atoms with Crippen molar-refractivity contribution in [1.29, 1.82) is 0 Å². The summed E-state index contributed by atoms with van der Waals surface area (Å²) in [5.41, 5.74) is 0. The molecule has 19 heteroatoms. The smallest absolute Gasteiger partial charge is 0.462 e. The fraction of sp³-hybridized carbons (Fsp3) is 0.893. The SMILES string of the molecule is CCCCCC/C=C\C=C/CCCCCCCC(=O)OC[C@H](COP(=O)(O)OC[C@@H](O)COP(=O)(O)OC[C@@H](COC(=O)CCCCCCCCCCC)OC(=O)CCCCCCCCCCC)OC(=O)CCCCCCCCCCCCCCCCCCCCC(C)C. The third kappa shape index (κ3) is 68.1. The van der Waals surface area contributed by atoms with Gasteiger partial charge >= 0.3 is 39.5 Å². The summed E-state index contributed by atoms with van der Waals surface area (Å²) >= 11 is 0. The summed E-state index contributed by atoms with van der Waals surface area (Å²) in [6, 6.07) is 0. The first-order valence-electron chi connectivity index (χ1n) is 38.5. The Labute approximate surface area is 573 Å². The number of rotatable bonds is 73. The number of hydrogen-bond donors (Lipinski definition) is 3. The number of unbranched alkanes of at least 4 members (excludes halogenated alkanes) is 42. The average Bonchev–Trinajstić information content (AvgIpc) is 1.29. The molecule has 0 heterocycles. The van der Waals surface area contributed by atoms with Crippen LogP contribution in [0.2, 0.25) is 0 Å². The van der Waals surface area contributed by atoms with Crippen LogP contribution in [0, 0.1) is 5.92 Å². The largest absolute Gasteiger partial charge is 0.472 e.